The third-order valence-electron chi connectivity index (χ3n) is 3.15. The number of halogens is 1. The number of unbranched alkanes of at least 4 members (excludes halogenated alkanes) is 1. The molecule has 0 radical (unpaired) electrons. The molecule has 0 aliphatic heterocycles. The first kappa shape index (κ1) is 16.0. The minimum absolute atomic E-state index is 0.128. The maximum absolute atomic E-state index is 11.8. The lowest BCUT2D eigenvalue weighted by Crippen LogP contribution is -2.43. The van der Waals surface area contributed by atoms with Crippen LogP contribution in [0.15, 0.2) is 30.3 Å². The van der Waals surface area contributed by atoms with Crippen molar-refractivity contribution in [3.63, 3.8) is 0 Å². The molecular formula is C16H24ClNO. The maximum atomic E-state index is 11.8. The van der Waals surface area contributed by atoms with Crippen molar-refractivity contribution in [2.24, 2.45) is 0 Å². The van der Waals surface area contributed by atoms with Gasteiger partial charge in [-0.05, 0) is 45.1 Å². The van der Waals surface area contributed by atoms with Crippen LogP contribution in [-0.2, 0) is 11.2 Å². The normalized spacial score (nSPS) is 11.3. The van der Waals surface area contributed by atoms with Gasteiger partial charge in [-0.1, -0.05) is 30.3 Å². The molecule has 0 saturated heterocycles. The van der Waals surface area contributed by atoms with Crippen molar-refractivity contribution in [2.75, 3.05) is 5.88 Å². The van der Waals surface area contributed by atoms with Crippen LogP contribution in [0.4, 0.5) is 0 Å². The molecule has 0 bridgehead atoms. The monoisotopic (exact) mass is 281 g/mol. The lowest BCUT2D eigenvalue weighted by molar-refractivity contribution is -0.122. The highest BCUT2D eigenvalue weighted by molar-refractivity contribution is 6.17. The number of benzene rings is 1. The smallest absolute Gasteiger partial charge is 0.220 e. The molecule has 0 spiro atoms. The summed E-state index contributed by atoms with van der Waals surface area (Å²) >= 11 is 5.60. The average Bonchev–Trinajstić information content (AvgIpc) is 2.37. The van der Waals surface area contributed by atoms with Gasteiger partial charge in [0.15, 0.2) is 0 Å². The molecule has 0 saturated carbocycles. The van der Waals surface area contributed by atoms with E-state index in [0.717, 1.165) is 25.7 Å². The molecule has 0 atom stereocenters. The van der Waals surface area contributed by atoms with Gasteiger partial charge >= 0.3 is 0 Å². The molecule has 1 aromatic rings. The van der Waals surface area contributed by atoms with Crippen LogP contribution in [0.5, 0.6) is 0 Å². The quantitative estimate of drug-likeness (QED) is 0.568. The lowest BCUT2D eigenvalue weighted by atomic mass is 9.95. The summed E-state index contributed by atoms with van der Waals surface area (Å²) in [6, 6.07) is 10.4. The molecule has 2 nitrogen and oxygen atoms in total. The van der Waals surface area contributed by atoms with E-state index in [9.17, 15) is 4.79 Å². The minimum Gasteiger partial charge on any atom is -0.351 e. The summed E-state index contributed by atoms with van der Waals surface area (Å²) in [4.78, 5) is 11.8. The van der Waals surface area contributed by atoms with Crippen LogP contribution < -0.4 is 5.32 Å². The van der Waals surface area contributed by atoms with Crippen molar-refractivity contribution in [1.82, 2.24) is 5.32 Å². The van der Waals surface area contributed by atoms with Gasteiger partial charge in [0, 0.05) is 17.8 Å². The van der Waals surface area contributed by atoms with Gasteiger partial charge in [-0.15, -0.1) is 11.6 Å². The van der Waals surface area contributed by atoms with Crippen LogP contribution in [0.2, 0.25) is 0 Å². The zero-order valence-electron chi connectivity index (χ0n) is 11.9. The first-order valence-corrected chi connectivity index (χ1v) is 7.48. The highest BCUT2D eigenvalue weighted by Gasteiger charge is 2.19. The first-order valence-electron chi connectivity index (χ1n) is 6.94. The predicted octanol–water partition coefficient (Wildman–Crippen LogP) is 3.92. The van der Waals surface area contributed by atoms with Gasteiger partial charge in [-0.2, -0.15) is 0 Å². The SMILES string of the molecule is CC(C)(CCc1ccccc1)NC(=O)CCCCCl. The molecule has 1 rings (SSSR count). The Hall–Kier alpha value is -1.02. The zero-order valence-corrected chi connectivity index (χ0v) is 12.7. The standard InChI is InChI=1S/C16H24ClNO/c1-16(2,18-15(19)10-6-7-13-17)12-11-14-8-4-3-5-9-14/h3-5,8-9H,6-7,10-13H2,1-2H3,(H,18,19). The fraction of sp³-hybridized carbons (Fsp3) is 0.562. The van der Waals surface area contributed by atoms with Crippen molar-refractivity contribution in [1.29, 1.82) is 0 Å². The number of rotatable bonds is 8. The highest BCUT2D eigenvalue weighted by atomic mass is 35.5. The topological polar surface area (TPSA) is 29.1 Å². The molecule has 106 valence electrons. The number of carbonyl (C=O) groups is 1. The Kier molecular flexibility index (Phi) is 6.93. The van der Waals surface area contributed by atoms with E-state index >= 15 is 0 Å². The number of nitrogens with one attached hydrogen (secondary N) is 1. The van der Waals surface area contributed by atoms with Gasteiger partial charge < -0.3 is 5.32 Å². The molecule has 0 aliphatic carbocycles. The molecular weight excluding hydrogens is 258 g/mol. The Morgan fingerprint density at radius 2 is 1.89 bits per heavy atom. The van der Waals surface area contributed by atoms with E-state index in [2.05, 4.69) is 31.3 Å². The van der Waals surface area contributed by atoms with Crippen LogP contribution in [0.1, 0.15) is 45.1 Å². The molecule has 0 aliphatic rings. The number of alkyl halides is 1. The van der Waals surface area contributed by atoms with E-state index in [0.29, 0.717) is 12.3 Å². The van der Waals surface area contributed by atoms with Crippen molar-refractivity contribution in [2.45, 2.75) is 51.5 Å². The number of amides is 1. The molecule has 0 fully saturated rings. The number of carbonyl (C=O) groups excluding carboxylic acids is 1. The van der Waals surface area contributed by atoms with Gasteiger partial charge in [0.25, 0.3) is 0 Å². The van der Waals surface area contributed by atoms with Gasteiger partial charge in [0.05, 0.1) is 0 Å². The molecule has 0 heterocycles. The van der Waals surface area contributed by atoms with E-state index < -0.39 is 0 Å². The fourth-order valence-electron chi connectivity index (χ4n) is 1.98. The van der Waals surface area contributed by atoms with Crippen LogP contribution >= 0.6 is 11.6 Å². The minimum atomic E-state index is -0.159. The van der Waals surface area contributed by atoms with E-state index in [4.69, 9.17) is 11.6 Å². The first-order chi connectivity index (χ1) is 9.03. The number of aryl methyl sites for hydroxylation is 1. The Morgan fingerprint density at radius 3 is 2.53 bits per heavy atom. The van der Waals surface area contributed by atoms with Gasteiger partial charge in [0.2, 0.25) is 5.91 Å². The molecule has 0 unspecified atom stereocenters. The summed E-state index contributed by atoms with van der Waals surface area (Å²) < 4.78 is 0. The second-order valence-electron chi connectivity index (χ2n) is 5.56. The molecule has 0 aromatic heterocycles. The van der Waals surface area contributed by atoms with E-state index in [1.165, 1.54) is 5.56 Å². The summed E-state index contributed by atoms with van der Waals surface area (Å²) in [5.41, 5.74) is 1.15. The van der Waals surface area contributed by atoms with Gasteiger partial charge in [-0.3, -0.25) is 4.79 Å². The molecule has 3 heteroatoms. The zero-order chi connectivity index (χ0) is 14.1. The van der Waals surface area contributed by atoms with Crippen LogP contribution in [0.3, 0.4) is 0 Å². The average molecular weight is 282 g/mol. The second-order valence-corrected chi connectivity index (χ2v) is 5.94. The largest absolute Gasteiger partial charge is 0.351 e. The van der Waals surface area contributed by atoms with Crippen molar-refractivity contribution < 1.29 is 4.79 Å². The maximum Gasteiger partial charge on any atom is 0.220 e. The molecule has 1 amide bonds. The third kappa shape index (κ3) is 7.22. The number of hydrogen-bond donors (Lipinski definition) is 1. The Morgan fingerprint density at radius 1 is 1.21 bits per heavy atom. The summed E-state index contributed by atoms with van der Waals surface area (Å²) in [5.74, 6) is 0.758. The van der Waals surface area contributed by atoms with E-state index in [-0.39, 0.29) is 11.4 Å². The van der Waals surface area contributed by atoms with Crippen molar-refractivity contribution in [3.8, 4) is 0 Å². The van der Waals surface area contributed by atoms with Crippen molar-refractivity contribution in [3.05, 3.63) is 35.9 Å². The fourth-order valence-corrected chi connectivity index (χ4v) is 2.17. The van der Waals surface area contributed by atoms with Crippen molar-refractivity contribution >= 4 is 17.5 Å². The summed E-state index contributed by atoms with van der Waals surface area (Å²) in [6.45, 7) is 4.16. The van der Waals surface area contributed by atoms with Gasteiger partial charge in [-0.25, -0.2) is 0 Å². The third-order valence-corrected chi connectivity index (χ3v) is 3.41. The van der Waals surface area contributed by atoms with Crippen LogP contribution in [0.25, 0.3) is 0 Å². The molecule has 1 N–H and O–H groups in total. The predicted molar refractivity (Wildman–Crippen MR) is 81.6 cm³/mol. The highest BCUT2D eigenvalue weighted by Crippen LogP contribution is 2.14. The summed E-state index contributed by atoms with van der Waals surface area (Å²) in [5, 5.41) is 3.10. The summed E-state index contributed by atoms with van der Waals surface area (Å²) in [6.07, 6.45) is 4.26. The van der Waals surface area contributed by atoms with Crippen LogP contribution in [0, 0.1) is 0 Å². The van der Waals surface area contributed by atoms with Crippen LogP contribution in [-0.4, -0.2) is 17.3 Å². The molecule has 1 aromatic carbocycles. The lowest BCUT2D eigenvalue weighted by Gasteiger charge is -2.26. The van der Waals surface area contributed by atoms with E-state index in [1.54, 1.807) is 0 Å². The van der Waals surface area contributed by atoms with Gasteiger partial charge in [0.1, 0.15) is 0 Å². The van der Waals surface area contributed by atoms with E-state index in [1.807, 2.05) is 18.2 Å². The summed E-state index contributed by atoms with van der Waals surface area (Å²) in [7, 11) is 0. The molecule has 19 heavy (non-hydrogen) atoms. The Balaban J connectivity index is 2.32. The Bertz CT molecular complexity index is 376. The Labute approximate surface area is 121 Å². The second kappa shape index (κ2) is 8.21. The number of hydrogen-bond acceptors (Lipinski definition) is 1.